The summed E-state index contributed by atoms with van der Waals surface area (Å²) in [7, 11) is 0. The molecule has 0 saturated carbocycles. The third kappa shape index (κ3) is 5.62. The van der Waals surface area contributed by atoms with Crippen LogP contribution in [0.25, 0.3) is 71.6 Å². The molecule has 0 unspecified atom stereocenters. The Morgan fingerprint density at radius 1 is 0.296 bits per heavy atom. The van der Waals surface area contributed by atoms with E-state index in [0.717, 1.165) is 17.1 Å². The van der Waals surface area contributed by atoms with Crippen molar-refractivity contribution in [2.75, 3.05) is 4.90 Å². The van der Waals surface area contributed by atoms with Crippen LogP contribution in [-0.4, -0.2) is 4.57 Å². The Hall–Kier alpha value is -7.16. The summed E-state index contributed by atoms with van der Waals surface area (Å²) in [6, 6.07) is 78.8. The van der Waals surface area contributed by atoms with Gasteiger partial charge in [-0.1, -0.05) is 152 Å². The normalized spacial score (nSPS) is 11.3. The molecule has 254 valence electrons. The number of anilines is 3. The summed E-state index contributed by atoms with van der Waals surface area (Å²) in [5, 5.41) is 4.94. The van der Waals surface area contributed by atoms with E-state index >= 15 is 0 Å². The van der Waals surface area contributed by atoms with Gasteiger partial charge < -0.3 is 9.47 Å². The van der Waals surface area contributed by atoms with E-state index in [1.54, 1.807) is 0 Å². The fourth-order valence-corrected chi connectivity index (χ4v) is 7.95. The zero-order valence-electron chi connectivity index (χ0n) is 29.7. The molecule has 2 nitrogen and oxygen atoms in total. The minimum Gasteiger partial charge on any atom is -0.310 e. The Morgan fingerprint density at radius 2 is 0.778 bits per heavy atom. The van der Waals surface area contributed by atoms with Crippen LogP contribution < -0.4 is 4.90 Å². The minimum atomic E-state index is 1.11. The summed E-state index contributed by atoms with van der Waals surface area (Å²) in [6.07, 6.45) is 0. The molecule has 0 N–H and O–H groups in total. The van der Waals surface area contributed by atoms with Gasteiger partial charge in [0.05, 0.1) is 16.7 Å². The smallest absolute Gasteiger partial charge is 0.0541 e. The van der Waals surface area contributed by atoms with E-state index in [0.29, 0.717) is 0 Å². The highest BCUT2D eigenvalue weighted by molar-refractivity contribution is 6.10. The molecule has 0 radical (unpaired) electrons. The van der Waals surface area contributed by atoms with Crippen LogP contribution >= 0.6 is 0 Å². The molecule has 0 aliphatic carbocycles. The van der Waals surface area contributed by atoms with E-state index in [-0.39, 0.29) is 0 Å². The maximum Gasteiger partial charge on any atom is 0.0541 e. The fourth-order valence-electron chi connectivity index (χ4n) is 7.95. The molecule has 10 aromatic rings. The molecule has 0 amide bonds. The van der Waals surface area contributed by atoms with Crippen molar-refractivity contribution in [2.24, 2.45) is 0 Å². The number of aromatic nitrogens is 1. The molecular weight excluding hydrogens is 653 g/mol. The average molecular weight is 689 g/mol. The van der Waals surface area contributed by atoms with Gasteiger partial charge in [0.15, 0.2) is 0 Å². The van der Waals surface area contributed by atoms with Crippen molar-refractivity contribution in [3.05, 3.63) is 218 Å². The van der Waals surface area contributed by atoms with Crippen LogP contribution in [0.15, 0.2) is 218 Å². The van der Waals surface area contributed by atoms with Crippen LogP contribution in [0.3, 0.4) is 0 Å². The first kappa shape index (κ1) is 31.6. The lowest BCUT2D eigenvalue weighted by atomic mass is 9.98. The maximum atomic E-state index is 2.38. The number of hydrogen-bond donors (Lipinski definition) is 0. The molecule has 10 rings (SSSR count). The van der Waals surface area contributed by atoms with Crippen molar-refractivity contribution in [1.29, 1.82) is 0 Å². The summed E-state index contributed by atoms with van der Waals surface area (Å²) < 4.78 is 2.37. The van der Waals surface area contributed by atoms with E-state index in [1.807, 2.05) is 0 Å². The Bertz CT molecular complexity index is 2900. The predicted molar refractivity (Wildman–Crippen MR) is 229 cm³/mol. The largest absolute Gasteiger partial charge is 0.310 e. The van der Waals surface area contributed by atoms with Gasteiger partial charge in [0.2, 0.25) is 0 Å². The molecule has 0 saturated heterocycles. The van der Waals surface area contributed by atoms with Gasteiger partial charge in [-0.15, -0.1) is 0 Å². The van der Waals surface area contributed by atoms with Gasteiger partial charge in [0.1, 0.15) is 0 Å². The molecule has 1 aromatic heterocycles. The van der Waals surface area contributed by atoms with Crippen molar-refractivity contribution < 1.29 is 0 Å². The Labute approximate surface area is 315 Å². The first-order chi connectivity index (χ1) is 26.8. The molecule has 0 fully saturated rings. The highest BCUT2D eigenvalue weighted by Gasteiger charge is 2.17. The fraction of sp³-hybridized carbons (Fsp3) is 0. The highest BCUT2D eigenvalue weighted by atomic mass is 15.1. The molecule has 9 aromatic carbocycles. The number of fused-ring (bicyclic) bond motifs is 4. The summed E-state index contributed by atoms with van der Waals surface area (Å²) in [5.74, 6) is 0. The van der Waals surface area contributed by atoms with Crippen molar-refractivity contribution >= 4 is 49.6 Å². The third-order valence-corrected chi connectivity index (χ3v) is 10.6. The van der Waals surface area contributed by atoms with Gasteiger partial charge in [0.25, 0.3) is 0 Å². The van der Waals surface area contributed by atoms with Gasteiger partial charge in [0, 0.05) is 33.2 Å². The molecule has 0 atom stereocenters. The van der Waals surface area contributed by atoms with Gasteiger partial charge in [-0.05, 0) is 105 Å². The molecule has 0 spiro atoms. The molecular formula is C52H36N2. The molecule has 0 aliphatic heterocycles. The number of hydrogen-bond acceptors (Lipinski definition) is 1. The van der Waals surface area contributed by atoms with E-state index < -0.39 is 0 Å². The van der Waals surface area contributed by atoms with E-state index in [2.05, 4.69) is 228 Å². The minimum absolute atomic E-state index is 1.11. The van der Waals surface area contributed by atoms with Crippen molar-refractivity contribution in [3.8, 4) is 39.1 Å². The lowest BCUT2D eigenvalue weighted by Gasteiger charge is -2.27. The second-order valence-electron chi connectivity index (χ2n) is 13.8. The molecule has 54 heavy (non-hydrogen) atoms. The number of rotatable bonds is 7. The van der Waals surface area contributed by atoms with E-state index in [1.165, 1.54) is 71.6 Å². The first-order valence-electron chi connectivity index (χ1n) is 18.5. The third-order valence-electron chi connectivity index (χ3n) is 10.6. The highest BCUT2D eigenvalue weighted by Crippen LogP contribution is 2.41. The quantitative estimate of drug-likeness (QED) is 0.162. The zero-order chi connectivity index (χ0) is 35.8. The zero-order valence-corrected chi connectivity index (χ0v) is 29.7. The predicted octanol–water partition coefficient (Wildman–Crippen LogP) is 14.4. The van der Waals surface area contributed by atoms with Gasteiger partial charge in [-0.25, -0.2) is 0 Å². The summed E-state index contributed by atoms with van der Waals surface area (Å²) in [5.41, 5.74) is 14.2. The van der Waals surface area contributed by atoms with Gasteiger partial charge >= 0.3 is 0 Å². The molecule has 0 aliphatic rings. The van der Waals surface area contributed by atoms with E-state index in [9.17, 15) is 0 Å². The van der Waals surface area contributed by atoms with E-state index in [4.69, 9.17) is 0 Å². The Balaban J connectivity index is 1.04. The second kappa shape index (κ2) is 13.4. The number of benzene rings is 9. The topological polar surface area (TPSA) is 8.17 Å². The monoisotopic (exact) mass is 688 g/mol. The van der Waals surface area contributed by atoms with Crippen molar-refractivity contribution in [2.45, 2.75) is 0 Å². The lowest BCUT2D eigenvalue weighted by molar-refractivity contribution is 1.18. The van der Waals surface area contributed by atoms with Gasteiger partial charge in [-0.3, -0.25) is 0 Å². The first-order valence-corrected chi connectivity index (χ1v) is 18.5. The van der Waals surface area contributed by atoms with Crippen LogP contribution in [0.4, 0.5) is 17.1 Å². The summed E-state index contributed by atoms with van der Waals surface area (Å²) >= 11 is 0. The van der Waals surface area contributed by atoms with Crippen LogP contribution in [-0.2, 0) is 0 Å². The molecule has 2 heteroatoms. The average Bonchev–Trinajstić information content (AvgIpc) is 3.59. The molecule has 0 bridgehead atoms. The van der Waals surface area contributed by atoms with Gasteiger partial charge in [-0.2, -0.15) is 0 Å². The van der Waals surface area contributed by atoms with Crippen LogP contribution in [0.1, 0.15) is 0 Å². The summed E-state index contributed by atoms with van der Waals surface area (Å²) in [6.45, 7) is 0. The van der Waals surface area contributed by atoms with Crippen molar-refractivity contribution in [3.63, 3.8) is 0 Å². The number of nitrogens with zero attached hydrogens (tertiary/aromatic N) is 2. The second-order valence-corrected chi connectivity index (χ2v) is 13.8. The maximum absolute atomic E-state index is 2.38. The van der Waals surface area contributed by atoms with Crippen LogP contribution in [0, 0.1) is 0 Å². The van der Waals surface area contributed by atoms with Crippen molar-refractivity contribution in [1.82, 2.24) is 4.57 Å². The molecule has 1 heterocycles. The Morgan fingerprint density at radius 3 is 1.48 bits per heavy atom. The van der Waals surface area contributed by atoms with Crippen LogP contribution in [0.5, 0.6) is 0 Å². The SMILES string of the molecule is c1ccc(-c2cccc(-c3ccc(N(c4ccc(-c5ccc6c(c5)c5ccccc5n6-c5ccccc5)cc4)c4cccc5ccccc45)cc3)c2)cc1. The standard InChI is InChI=1S/C52H36N2/c1-3-13-37(14-4-1)41-17-11-18-42(35-41)38-25-30-45(31-26-38)53(50-24-12-16-40-15-7-8-21-47(40)50)46-32-27-39(28-33-46)43-29-34-52-49(36-43)48-22-9-10-23-51(48)54(52)44-19-5-2-6-20-44/h1-36H. The lowest BCUT2D eigenvalue weighted by Crippen LogP contribution is -2.10. The Kier molecular flexibility index (Phi) is 7.85. The summed E-state index contributed by atoms with van der Waals surface area (Å²) in [4.78, 5) is 2.38. The number of para-hydroxylation sites is 2. The van der Waals surface area contributed by atoms with Crippen LogP contribution in [0.2, 0.25) is 0 Å².